The van der Waals surface area contributed by atoms with Crippen molar-refractivity contribution in [1.82, 2.24) is 0 Å². The van der Waals surface area contributed by atoms with Crippen LogP contribution in [0.1, 0.15) is 12.8 Å². The van der Waals surface area contributed by atoms with Crippen LogP contribution in [0, 0.1) is 3.57 Å². The summed E-state index contributed by atoms with van der Waals surface area (Å²) in [5.74, 6) is -0.817. The zero-order valence-corrected chi connectivity index (χ0v) is 12.4. The second-order valence-electron chi connectivity index (χ2n) is 4.16. The van der Waals surface area contributed by atoms with Crippen LogP contribution in [0.25, 0.3) is 0 Å². The highest BCUT2D eigenvalue weighted by molar-refractivity contribution is 14.1. The Morgan fingerprint density at radius 1 is 1.37 bits per heavy atom. The van der Waals surface area contributed by atoms with Gasteiger partial charge in [-0.1, -0.05) is 0 Å². The Kier molecular flexibility index (Phi) is 5.15. The highest BCUT2D eigenvalue weighted by atomic mass is 127. The zero-order valence-electron chi connectivity index (χ0n) is 10.2. The van der Waals surface area contributed by atoms with E-state index in [1.165, 1.54) is 0 Å². The molecule has 1 fully saturated rings. The minimum Gasteiger partial charge on any atom is -0.454 e. The summed E-state index contributed by atoms with van der Waals surface area (Å²) >= 11 is 2.18. The Balaban J connectivity index is 1.75. The zero-order chi connectivity index (χ0) is 13.7. The van der Waals surface area contributed by atoms with Crippen molar-refractivity contribution in [2.24, 2.45) is 0 Å². The van der Waals surface area contributed by atoms with Gasteiger partial charge in [0.1, 0.15) is 0 Å². The third kappa shape index (κ3) is 4.46. The molecule has 1 atom stereocenters. The van der Waals surface area contributed by atoms with Crippen LogP contribution in [0.3, 0.4) is 0 Å². The highest BCUT2D eigenvalue weighted by Gasteiger charge is 2.25. The minimum absolute atomic E-state index is 0.287. The van der Waals surface area contributed by atoms with Crippen molar-refractivity contribution in [3.8, 4) is 0 Å². The number of anilines is 1. The number of hydrogen-bond acceptors (Lipinski definition) is 4. The molecule has 2 rings (SSSR count). The molecule has 1 heterocycles. The maximum atomic E-state index is 11.6. The highest BCUT2D eigenvalue weighted by Crippen LogP contribution is 2.13. The van der Waals surface area contributed by atoms with Gasteiger partial charge in [-0.2, -0.15) is 0 Å². The number of esters is 1. The van der Waals surface area contributed by atoms with Gasteiger partial charge in [-0.15, -0.1) is 0 Å². The van der Waals surface area contributed by atoms with Crippen molar-refractivity contribution in [2.45, 2.75) is 18.9 Å². The molecular formula is C13H14INO4. The van der Waals surface area contributed by atoms with E-state index in [0.29, 0.717) is 18.7 Å². The predicted octanol–water partition coefficient (Wildman–Crippen LogP) is 1.95. The van der Waals surface area contributed by atoms with Gasteiger partial charge >= 0.3 is 5.97 Å². The fraction of sp³-hybridized carbons (Fsp3) is 0.385. The fourth-order valence-electron chi connectivity index (χ4n) is 1.72. The van der Waals surface area contributed by atoms with E-state index < -0.39 is 12.1 Å². The first-order valence-corrected chi connectivity index (χ1v) is 7.07. The summed E-state index contributed by atoms with van der Waals surface area (Å²) in [5.41, 5.74) is 0.679. The molecular weight excluding hydrogens is 361 g/mol. The topological polar surface area (TPSA) is 64.6 Å². The molecule has 0 aromatic heterocycles. The van der Waals surface area contributed by atoms with Crippen LogP contribution in [0.5, 0.6) is 0 Å². The van der Waals surface area contributed by atoms with E-state index in [1.807, 2.05) is 12.1 Å². The van der Waals surface area contributed by atoms with E-state index in [2.05, 4.69) is 27.9 Å². The van der Waals surface area contributed by atoms with Gasteiger partial charge in [0, 0.05) is 15.9 Å². The van der Waals surface area contributed by atoms with Crippen molar-refractivity contribution in [1.29, 1.82) is 0 Å². The Labute approximate surface area is 124 Å². The second kappa shape index (κ2) is 6.85. The second-order valence-corrected chi connectivity index (χ2v) is 5.41. The van der Waals surface area contributed by atoms with E-state index >= 15 is 0 Å². The molecule has 1 aliphatic heterocycles. The molecule has 0 bridgehead atoms. The lowest BCUT2D eigenvalue weighted by Crippen LogP contribution is -2.27. The molecule has 1 aromatic rings. The quantitative estimate of drug-likeness (QED) is 0.646. The molecule has 1 aliphatic rings. The van der Waals surface area contributed by atoms with Crippen molar-refractivity contribution in [2.75, 3.05) is 18.5 Å². The standard InChI is InChI=1S/C13H14INO4/c14-9-3-5-10(6-4-9)15-12(16)8-19-13(17)11-2-1-7-18-11/h3-6,11H,1-2,7-8H2,(H,15,16)/t11-/m1/s1. The summed E-state index contributed by atoms with van der Waals surface area (Å²) in [6.07, 6.45) is 1.01. The number of nitrogens with one attached hydrogen (secondary N) is 1. The summed E-state index contributed by atoms with van der Waals surface area (Å²) in [7, 11) is 0. The summed E-state index contributed by atoms with van der Waals surface area (Å²) in [6.45, 7) is 0.291. The SMILES string of the molecule is O=C(COC(=O)[C@H]1CCCO1)Nc1ccc(I)cc1. The molecule has 102 valence electrons. The number of amides is 1. The maximum absolute atomic E-state index is 11.6. The number of carbonyl (C=O) groups is 2. The van der Waals surface area contributed by atoms with Gasteiger partial charge in [0.2, 0.25) is 0 Å². The van der Waals surface area contributed by atoms with Crippen LogP contribution in [0.2, 0.25) is 0 Å². The van der Waals surface area contributed by atoms with Gasteiger partial charge in [0.05, 0.1) is 0 Å². The smallest absolute Gasteiger partial charge is 0.335 e. The fourth-order valence-corrected chi connectivity index (χ4v) is 2.08. The molecule has 19 heavy (non-hydrogen) atoms. The summed E-state index contributed by atoms with van der Waals surface area (Å²) in [5, 5.41) is 2.65. The molecule has 1 N–H and O–H groups in total. The minimum atomic E-state index is -0.508. The average molecular weight is 375 g/mol. The van der Waals surface area contributed by atoms with Crippen LogP contribution in [0.4, 0.5) is 5.69 Å². The molecule has 1 amide bonds. The van der Waals surface area contributed by atoms with E-state index in [4.69, 9.17) is 9.47 Å². The van der Waals surface area contributed by atoms with Crippen LogP contribution in [0.15, 0.2) is 24.3 Å². The molecule has 0 aliphatic carbocycles. The van der Waals surface area contributed by atoms with E-state index in [-0.39, 0.29) is 12.5 Å². The van der Waals surface area contributed by atoms with Crippen LogP contribution < -0.4 is 5.32 Å². The predicted molar refractivity (Wildman–Crippen MR) is 77.7 cm³/mol. The van der Waals surface area contributed by atoms with Gasteiger partial charge in [0.25, 0.3) is 5.91 Å². The lowest BCUT2D eigenvalue weighted by atomic mass is 10.2. The Bertz CT molecular complexity index is 454. The average Bonchev–Trinajstić information content (AvgIpc) is 2.93. The number of ether oxygens (including phenoxy) is 2. The molecule has 6 heteroatoms. The number of halogens is 1. The molecule has 0 unspecified atom stereocenters. The van der Waals surface area contributed by atoms with Gasteiger partial charge in [0.15, 0.2) is 12.7 Å². The molecule has 1 saturated heterocycles. The first kappa shape index (κ1) is 14.3. The van der Waals surface area contributed by atoms with Gasteiger partial charge < -0.3 is 14.8 Å². The Hall–Kier alpha value is -1.15. The first-order valence-electron chi connectivity index (χ1n) is 5.99. The van der Waals surface area contributed by atoms with E-state index in [0.717, 1.165) is 9.99 Å². The maximum Gasteiger partial charge on any atom is 0.335 e. The Morgan fingerprint density at radius 2 is 2.11 bits per heavy atom. The van der Waals surface area contributed by atoms with Crippen molar-refractivity contribution in [3.63, 3.8) is 0 Å². The molecule has 0 saturated carbocycles. The van der Waals surface area contributed by atoms with Gasteiger partial charge in [-0.25, -0.2) is 4.79 Å². The van der Waals surface area contributed by atoms with E-state index in [9.17, 15) is 9.59 Å². The first-order chi connectivity index (χ1) is 9.15. The third-order valence-corrected chi connectivity index (χ3v) is 3.39. The number of carbonyl (C=O) groups excluding carboxylic acids is 2. The van der Waals surface area contributed by atoms with Gasteiger partial charge in [-0.3, -0.25) is 4.79 Å². The molecule has 0 radical (unpaired) electrons. The van der Waals surface area contributed by atoms with Crippen LogP contribution >= 0.6 is 22.6 Å². The summed E-state index contributed by atoms with van der Waals surface area (Å²) in [6, 6.07) is 7.35. The van der Waals surface area contributed by atoms with Crippen molar-refractivity contribution >= 4 is 40.2 Å². The summed E-state index contributed by atoms with van der Waals surface area (Å²) < 4.78 is 11.2. The molecule has 0 spiro atoms. The summed E-state index contributed by atoms with van der Waals surface area (Å²) in [4.78, 5) is 23.1. The van der Waals surface area contributed by atoms with Crippen molar-refractivity contribution < 1.29 is 19.1 Å². The lowest BCUT2D eigenvalue weighted by Gasteiger charge is -2.10. The number of rotatable bonds is 4. The van der Waals surface area contributed by atoms with Crippen molar-refractivity contribution in [3.05, 3.63) is 27.8 Å². The molecule has 1 aromatic carbocycles. The van der Waals surface area contributed by atoms with Crippen LogP contribution in [-0.2, 0) is 19.1 Å². The monoisotopic (exact) mass is 375 g/mol. The number of benzene rings is 1. The van der Waals surface area contributed by atoms with Crippen LogP contribution in [-0.4, -0.2) is 31.2 Å². The molecule has 5 nitrogen and oxygen atoms in total. The van der Waals surface area contributed by atoms with Gasteiger partial charge in [-0.05, 0) is 59.7 Å². The lowest BCUT2D eigenvalue weighted by molar-refractivity contribution is -0.156. The normalized spacial score (nSPS) is 18.1. The van der Waals surface area contributed by atoms with E-state index in [1.54, 1.807) is 12.1 Å². The Morgan fingerprint density at radius 3 is 2.74 bits per heavy atom. The number of hydrogen-bond donors (Lipinski definition) is 1. The third-order valence-electron chi connectivity index (χ3n) is 2.67. The largest absolute Gasteiger partial charge is 0.454 e.